The summed E-state index contributed by atoms with van der Waals surface area (Å²) in [4.78, 5) is 23.4. The second kappa shape index (κ2) is 8.72. The van der Waals surface area contributed by atoms with Gasteiger partial charge in [-0.15, -0.1) is 0 Å². The number of ether oxygens (including phenoxy) is 1. The Labute approximate surface area is 186 Å². The van der Waals surface area contributed by atoms with E-state index in [9.17, 15) is 0 Å². The molecule has 0 radical (unpaired) electrons. The fourth-order valence-electron chi connectivity index (χ4n) is 3.70. The van der Waals surface area contributed by atoms with Gasteiger partial charge in [-0.1, -0.05) is 0 Å². The van der Waals surface area contributed by atoms with Crippen molar-refractivity contribution in [1.82, 2.24) is 29.8 Å². The van der Waals surface area contributed by atoms with Crippen LogP contribution in [0.4, 0.5) is 0 Å². The first kappa shape index (κ1) is 20.1. The van der Waals surface area contributed by atoms with Crippen molar-refractivity contribution in [2.75, 3.05) is 27.2 Å². The van der Waals surface area contributed by atoms with E-state index < -0.39 is 0 Å². The van der Waals surface area contributed by atoms with Gasteiger partial charge in [-0.25, -0.2) is 9.97 Å². The quantitative estimate of drug-likeness (QED) is 0.386. The second-order valence-corrected chi connectivity index (χ2v) is 7.99. The van der Waals surface area contributed by atoms with Crippen LogP contribution in [0.3, 0.4) is 0 Å². The molecule has 0 saturated heterocycles. The summed E-state index contributed by atoms with van der Waals surface area (Å²) in [6.07, 6.45) is 10.1. The van der Waals surface area contributed by atoms with Gasteiger partial charge in [0.2, 0.25) is 5.88 Å². The number of nitrogens with one attached hydrogen (secondary N) is 1. The molecule has 0 amide bonds. The predicted molar refractivity (Wildman–Crippen MR) is 127 cm³/mol. The predicted octanol–water partition coefficient (Wildman–Crippen LogP) is 4.57. The molecule has 160 valence electrons. The van der Waals surface area contributed by atoms with E-state index in [0.29, 0.717) is 12.5 Å². The van der Waals surface area contributed by atoms with Crippen LogP contribution >= 0.6 is 0 Å². The average molecular weight is 425 g/mol. The molecule has 0 saturated carbocycles. The third-order valence-electron chi connectivity index (χ3n) is 5.36. The summed E-state index contributed by atoms with van der Waals surface area (Å²) in [6, 6.07) is 12.1. The number of H-pyrrole nitrogens is 1. The molecule has 7 nitrogen and oxygen atoms in total. The van der Waals surface area contributed by atoms with Crippen LogP contribution in [0.1, 0.15) is 6.42 Å². The Hall–Kier alpha value is -3.84. The number of nitrogens with zero attached hydrogens (tertiary/aromatic N) is 5. The molecule has 5 heterocycles. The Bertz CT molecular complexity index is 1350. The van der Waals surface area contributed by atoms with Gasteiger partial charge in [-0.3, -0.25) is 9.97 Å². The normalized spacial score (nSPS) is 11.5. The minimum atomic E-state index is 0.640. The van der Waals surface area contributed by atoms with Gasteiger partial charge in [0, 0.05) is 64.9 Å². The molecule has 0 unspecified atom stereocenters. The molecule has 0 spiro atoms. The van der Waals surface area contributed by atoms with Crippen molar-refractivity contribution in [2.24, 2.45) is 0 Å². The van der Waals surface area contributed by atoms with Crippen LogP contribution < -0.4 is 4.74 Å². The molecule has 5 rings (SSSR count). The molecule has 0 aliphatic carbocycles. The van der Waals surface area contributed by atoms with Crippen LogP contribution in [0.5, 0.6) is 5.88 Å². The van der Waals surface area contributed by atoms with E-state index in [-0.39, 0.29) is 0 Å². The van der Waals surface area contributed by atoms with Crippen LogP contribution in [-0.2, 0) is 0 Å². The Kier molecular flexibility index (Phi) is 5.47. The smallest absolute Gasteiger partial charge is 0.213 e. The van der Waals surface area contributed by atoms with E-state index in [0.717, 1.165) is 57.3 Å². The van der Waals surface area contributed by atoms with E-state index in [1.54, 1.807) is 6.20 Å². The van der Waals surface area contributed by atoms with Crippen LogP contribution in [0.15, 0.2) is 67.4 Å². The highest BCUT2D eigenvalue weighted by molar-refractivity contribution is 6.07. The topological polar surface area (TPSA) is 79.8 Å². The molecule has 0 atom stereocenters. The van der Waals surface area contributed by atoms with Crippen LogP contribution in [0, 0.1) is 0 Å². The Morgan fingerprint density at radius 1 is 0.875 bits per heavy atom. The minimum Gasteiger partial charge on any atom is -0.478 e. The number of rotatable bonds is 7. The number of aromatic amines is 1. The summed E-state index contributed by atoms with van der Waals surface area (Å²) in [7, 11) is 4.11. The lowest BCUT2D eigenvalue weighted by Crippen LogP contribution is -2.15. The van der Waals surface area contributed by atoms with Crippen molar-refractivity contribution in [3.05, 3.63) is 67.4 Å². The highest BCUT2D eigenvalue weighted by Gasteiger charge is 2.10. The first-order chi connectivity index (χ1) is 15.7. The van der Waals surface area contributed by atoms with Crippen molar-refractivity contribution < 1.29 is 4.74 Å². The van der Waals surface area contributed by atoms with E-state index in [1.165, 1.54) is 0 Å². The van der Waals surface area contributed by atoms with Gasteiger partial charge in [-0.05, 0) is 50.8 Å². The molecule has 5 aromatic heterocycles. The third-order valence-corrected chi connectivity index (χ3v) is 5.36. The maximum absolute atomic E-state index is 5.75. The highest BCUT2D eigenvalue weighted by Crippen LogP contribution is 2.30. The lowest BCUT2D eigenvalue weighted by molar-refractivity contribution is 0.273. The van der Waals surface area contributed by atoms with Gasteiger partial charge in [0.1, 0.15) is 5.65 Å². The molecule has 7 heteroatoms. The van der Waals surface area contributed by atoms with Crippen LogP contribution in [-0.4, -0.2) is 57.1 Å². The van der Waals surface area contributed by atoms with E-state index in [1.807, 2.05) is 49.1 Å². The zero-order valence-corrected chi connectivity index (χ0v) is 18.1. The van der Waals surface area contributed by atoms with Gasteiger partial charge in [-0.2, -0.15) is 0 Å². The monoisotopic (exact) mass is 424 g/mol. The van der Waals surface area contributed by atoms with Gasteiger partial charge in [0.25, 0.3) is 0 Å². The summed E-state index contributed by atoms with van der Waals surface area (Å²) < 4.78 is 5.75. The molecule has 0 bridgehead atoms. The summed E-state index contributed by atoms with van der Waals surface area (Å²) in [5, 5.41) is 2.13. The number of hydrogen-bond donors (Lipinski definition) is 1. The molecular formula is C25H24N6O. The molecule has 5 aromatic rings. The maximum atomic E-state index is 5.75. The third kappa shape index (κ3) is 4.15. The van der Waals surface area contributed by atoms with Crippen LogP contribution in [0.25, 0.3) is 44.3 Å². The molecule has 1 N–H and O–H groups in total. The molecule has 0 aliphatic heterocycles. The standard InChI is InChI=1S/C25H24N6O/c1-31(2)9-4-10-32-24-7-6-17(14-28-24)19-11-21-20-12-22(18-5-3-8-26-13-18)27-16-23(20)30-25(21)29-15-19/h3,5-8,11-16H,4,9-10H2,1-2H3,(H,29,30). The van der Waals surface area contributed by atoms with Crippen LogP contribution in [0.2, 0.25) is 0 Å². The van der Waals surface area contributed by atoms with E-state index in [4.69, 9.17) is 4.74 Å². The van der Waals surface area contributed by atoms with Crippen molar-refractivity contribution in [3.8, 4) is 28.3 Å². The van der Waals surface area contributed by atoms with Gasteiger partial charge < -0.3 is 14.6 Å². The maximum Gasteiger partial charge on any atom is 0.213 e. The number of hydrogen-bond acceptors (Lipinski definition) is 6. The second-order valence-electron chi connectivity index (χ2n) is 7.99. The van der Waals surface area contributed by atoms with Gasteiger partial charge in [0.15, 0.2) is 0 Å². The summed E-state index contributed by atoms with van der Waals surface area (Å²) >= 11 is 0. The zero-order valence-electron chi connectivity index (χ0n) is 18.1. The van der Waals surface area contributed by atoms with Crippen molar-refractivity contribution >= 4 is 21.9 Å². The highest BCUT2D eigenvalue weighted by atomic mass is 16.5. The largest absolute Gasteiger partial charge is 0.478 e. The molecule has 32 heavy (non-hydrogen) atoms. The molecule has 0 aliphatic rings. The first-order valence-electron chi connectivity index (χ1n) is 10.6. The summed E-state index contributed by atoms with van der Waals surface area (Å²) in [5.74, 6) is 0.640. The lowest BCUT2D eigenvalue weighted by atomic mass is 10.1. The van der Waals surface area contributed by atoms with Gasteiger partial charge in [0.05, 0.1) is 24.0 Å². The van der Waals surface area contributed by atoms with E-state index in [2.05, 4.69) is 56.0 Å². The number of fused-ring (bicyclic) bond motifs is 3. The first-order valence-corrected chi connectivity index (χ1v) is 10.6. The summed E-state index contributed by atoms with van der Waals surface area (Å²) in [6.45, 7) is 1.65. The van der Waals surface area contributed by atoms with Crippen molar-refractivity contribution in [2.45, 2.75) is 6.42 Å². The van der Waals surface area contributed by atoms with Crippen molar-refractivity contribution in [3.63, 3.8) is 0 Å². The van der Waals surface area contributed by atoms with Gasteiger partial charge >= 0.3 is 0 Å². The van der Waals surface area contributed by atoms with Crippen molar-refractivity contribution in [1.29, 1.82) is 0 Å². The Balaban J connectivity index is 1.43. The molecular weight excluding hydrogens is 400 g/mol. The SMILES string of the molecule is CN(C)CCCOc1ccc(-c2cnc3[nH]c4cnc(-c5cccnc5)cc4c3c2)cn1. The lowest BCUT2D eigenvalue weighted by Gasteiger charge is -2.10. The molecule has 0 aromatic carbocycles. The summed E-state index contributed by atoms with van der Waals surface area (Å²) in [5.41, 5.74) is 5.66. The average Bonchev–Trinajstić information content (AvgIpc) is 3.20. The fraction of sp³-hybridized carbons (Fsp3) is 0.200. The number of aromatic nitrogens is 5. The zero-order chi connectivity index (χ0) is 21.9. The fourth-order valence-corrected chi connectivity index (χ4v) is 3.70. The Morgan fingerprint density at radius 3 is 2.56 bits per heavy atom. The number of pyridine rings is 4. The molecule has 0 fully saturated rings. The Morgan fingerprint density at radius 2 is 1.78 bits per heavy atom. The van der Waals surface area contributed by atoms with E-state index >= 15 is 0 Å². The minimum absolute atomic E-state index is 0.640.